The minimum Gasteiger partial charge on any atom is -0.354 e. The predicted molar refractivity (Wildman–Crippen MR) is 115 cm³/mol. The van der Waals surface area contributed by atoms with Crippen LogP contribution in [0.5, 0.6) is 0 Å². The molecule has 3 heterocycles. The lowest BCUT2D eigenvalue weighted by Crippen LogP contribution is -2.45. The molecular formula is C23H33N5O. The molecule has 156 valence electrons. The molecule has 0 saturated carbocycles. The number of carbonyl (C=O) groups excluding carboxylic acids is 1. The Morgan fingerprint density at radius 2 is 2.03 bits per heavy atom. The molecule has 0 radical (unpaired) electrons. The van der Waals surface area contributed by atoms with E-state index in [0.717, 1.165) is 62.6 Å². The maximum absolute atomic E-state index is 12.2. The Kier molecular flexibility index (Phi) is 6.31. The molecule has 0 aliphatic carbocycles. The second-order valence-corrected chi connectivity index (χ2v) is 8.64. The predicted octanol–water partition coefficient (Wildman–Crippen LogP) is 2.57. The maximum atomic E-state index is 12.2. The number of hydrogen-bond acceptors (Lipinski definition) is 4. The van der Waals surface area contributed by atoms with Crippen molar-refractivity contribution in [2.75, 3.05) is 26.2 Å². The number of benzene rings is 1. The van der Waals surface area contributed by atoms with Gasteiger partial charge in [-0.05, 0) is 82.3 Å². The number of rotatable bonds is 6. The van der Waals surface area contributed by atoms with E-state index in [1.807, 2.05) is 11.6 Å². The largest absolute Gasteiger partial charge is 0.354 e. The average Bonchev–Trinajstić information content (AvgIpc) is 3.37. The van der Waals surface area contributed by atoms with Gasteiger partial charge in [0, 0.05) is 25.3 Å². The van der Waals surface area contributed by atoms with Gasteiger partial charge in [-0.25, -0.2) is 4.68 Å². The normalized spacial score (nSPS) is 22.7. The smallest absolute Gasteiger partial charge is 0.237 e. The zero-order valence-electron chi connectivity index (χ0n) is 17.7. The van der Waals surface area contributed by atoms with Crippen LogP contribution in [-0.2, 0) is 11.3 Å². The first-order valence-corrected chi connectivity index (χ1v) is 10.9. The number of nitrogens with zero attached hydrogens (tertiary/aromatic N) is 3. The van der Waals surface area contributed by atoms with Crippen LogP contribution in [0.25, 0.3) is 5.69 Å². The van der Waals surface area contributed by atoms with Crippen LogP contribution in [0.4, 0.5) is 0 Å². The summed E-state index contributed by atoms with van der Waals surface area (Å²) in [6.07, 6.45) is 4.47. The molecule has 2 N–H and O–H groups in total. The number of likely N-dealkylation sites (tertiary alicyclic amines) is 1. The Labute approximate surface area is 173 Å². The Morgan fingerprint density at radius 3 is 2.72 bits per heavy atom. The van der Waals surface area contributed by atoms with Gasteiger partial charge in [0.15, 0.2) is 0 Å². The molecule has 2 unspecified atom stereocenters. The highest BCUT2D eigenvalue weighted by molar-refractivity contribution is 5.81. The molecule has 2 aliphatic rings. The van der Waals surface area contributed by atoms with Crippen molar-refractivity contribution >= 4 is 5.91 Å². The van der Waals surface area contributed by atoms with Gasteiger partial charge in [0.1, 0.15) is 0 Å². The average molecular weight is 396 g/mol. The lowest BCUT2D eigenvalue weighted by Gasteiger charge is -2.33. The Balaban J connectivity index is 1.28. The third-order valence-electron chi connectivity index (χ3n) is 6.14. The van der Waals surface area contributed by atoms with Gasteiger partial charge in [0.2, 0.25) is 5.91 Å². The summed E-state index contributed by atoms with van der Waals surface area (Å²) in [6.45, 7) is 9.02. The van der Waals surface area contributed by atoms with Crippen molar-refractivity contribution in [3.63, 3.8) is 0 Å². The molecule has 6 nitrogen and oxygen atoms in total. The third kappa shape index (κ3) is 5.06. The van der Waals surface area contributed by atoms with E-state index in [2.05, 4.69) is 57.9 Å². The van der Waals surface area contributed by atoms with Gasteiger partial charge in [-0.15, -0.1) is 0 Å². The fraction of sp³-hybridized carbons (Fsp3) is 0.565. The number of carbonyl (C=O) groups is 1. The molecule has 0 spiro atoms. The first kappa shape index (κ1) is 20.1. The lowest BCUT2D eigenvalue weighted by atomic mass is 9.97. The molecule has 2 fully saturated rings. The van der Waals surface area contributed by atoms with E-state index in [0.29, 0.717) is 5.92 Å². The summed E-state index contributed by atoms with van der Waals surface area (Å²) in [7, 11) is 0. The summed E-state index contributed by atoms with van der Waals surface area (Å²) in [5.41, 5.74) is 4.64. The van der Waals surface area contributed by atoms with Crippen molar-refractivity contribution in [3.05, 3.63) is 47.3 Å². The zero-order valence-corrected chi connectivity index (χ0v) is 17.7. The van der Waals surface area contributed by atoms with E-state index >= 15 is 0 Å². The van der Waals surface area contributed by atoms with Crippen LogP contribution in [0.2, 0.25) is 0 Å². The van der Waals surface area contributed by atoms with E-state index in [9.17, 15) is 4.79 Å². The van der Waals surface area contributed by atoms with E-state index in [4.69, 9.17) is 0 Å². The van der Waals surface area contributed by atoms with E-state index in [-0.39, 0.29) is 11.9 Å². The quantitative estimate of drug-likeness (QED) is 0.789. The van der Waals surface area contributed by atoms with Crippen LogP contribution in [0, 0.1) is 19.8 Å². The minimum absolute atomic E-state index is 0.0235. The molecular weight excluding hydrogens is 362 g/mol. The van der Waals surface area contributed by atoms with E-state index in [1.165, 1.54) is 18.4 Å². The number of aryl methyl sites for hydroxylation is 2. The molecule has 29 heavy (non-hydrogen) atoms. The van der Waals surface area contributed by atoms with Gasteiger partial charge < -0.3 is 10.6 Å². The summed E-state index contributed by atoms with van der Waals surface area (Å²) in [6, 6.07) is 10.9. The molecule has 1 aromatic heterocycles. The molecule has 2 aliphatic heterocycles. The number of amides is 1. The number of aromatic nitrogens is 2. The first-order chi connectivity index (χ1) is 14.1. The van der Waals surface area contributed by atoms with Crippen molar-refractivity contribution < 1.29 is 4.79 Å². The molecule has 2 saturated heterocycles. The second kappa shape index (κ2) is 9.09. The van der Waals surface area contributed by atoms with Gasteiger partial charge in [-0.1, -0.05) is 12.1 Å². The number of hydrogen-bond donors (Lipinski definition) is 2. The van der Waals surface area contributed by atoms with Crippen LogP contribution in [-0.4, -0.2) is 52.8 Å². The molecule has 1 amide bonds. The van der Waals surface area contributed by atoms with Gasteiger partial charge in [0.25, 0.3) is 0 Å². The van der Waals surface area contributed by atoms with Crippen LogP contribution >= 0.6 is 0 Å². The highest BCUT2D eigenvalue weighted by Gasteiger charge is 2.24. The highest BCUT2D eigenvalue weighted by atomic mass is 16.2. The van der Waals surface area contributed by atoms with Crippen molar-refractivity contribution in [2.24, 2.45) is 5.92 Å². The summed E-state index contributed by atoms with van der Waals surface area (Å²) < 4.78 is 2.00. The summed E-state index contributed by atoms with van der Waals surface area (Å²) in [5.74, 6) is 0.724. The molecule has 0 bridgehead atoms. The molecule has 2 aromatic rings. The standard InChI is InChI=1S/C23H33N5O/c1-17-13-18(2)28(26-17)21-9-7-19(8-10-21)15-27-12-4-5-20(16-27)14-25-23(29)22-6-3-11-24-22/h7-10,13,20,22,24H,3-6,11-12,14-16H2,1-2H3,(H,25,29). The summed E-state index contributed by atoms with van der Waals surface area (Å²) >= 11 is 0. The van der Waals surface area contributed by atoms with Crippen LogP contribution in [0.15, 0.2) is 30.3 Å². The summed E-state index contributed by atoms with van der Waals surface area (Å²) in [5, 5.41) is 11.0. The van der Waals surface area contributed by atoms with Gasteiger partial charge >= 0.3 is 0 Å². The van der Waals surface area contributed by atoms with Crippen LogP contribution in [0.3, 0.4) is 0 Å². The third-order valence-corrected chi connectivity index (χ3v) is 6.14. The fourth-order valence-corrected chi connectivity index (χ4v) is 4.63. The van der Waals surface area contributed by atoms with Gasteiger partial charge in [-0.3, -0.25) is 9.69 Å². The second-order valence-electron chi connectivity index (χ2n) is 8.64. The van der Waals surface area contributed by atoms with Gasteiger partial charge in [0.05, 0.1) is 17.4 Å². The number of piperidine rings is 1. The maximum Gasteiger partial charge on any atom is 0.237 e. The minimum atomic E-state index is 0.0235. The zero-order chi connectivity index (χ0) is 20.2. The monoisotopic (exact) mass is 395 g/mol. The van der Waals surface area contributed by atoms with Crippen LogP contribution in [0.1, 0.15) is 42.6 Å². The Bertz CT molecular complexity index is 822. The van der Waals surface area contributed by atoms with Crippen molar-refractivity contribution in [2.45, 2.75) is 52.1 Å². The molecule has 2 atom stereocenters. The highest BCUT2D eigenvalue weighted by Crippen LogP contribution is 2.20. The molecule has 1 aromatic carbocycles. The van der Waals surface area contributed by atoms with Crippen molar-refractivity contribution in [1.29, 1.82) is 0 Å². The lowest BCUT2D eigenvalue weighted by molar-refractivity contribution is -0.123. The SMILES string of the molecule is Cc1cc(C)n(-c2ccc(CN3CCCC(CNC(=O)C4CCCN4)C3)cc2)n1. The number of nitrogens with one attached hydrogen (secondary N) is 2. The molecule has 6 heteroatoms. The van der Waals surface area contributed by atoms with Crippen molar-refractivity contribution in [3.8, 4) is 5.69 Å². The Hall–Kier alpha value is -2.18. The van der Waals surface area contributed by atoms with Crippen molar-refractivity contribution in [1.82, 2.24) is 25.3 Å². The topological polar surface area (TPSA) is 62.2 Å². The first-order valence-electron chi connectivity index (χ1n) is 10.9. The van der Waals surface area contributed by atoms with E-state index < -0.39 is 0 Å². The summed E-state index contributed by atoms with van der Waals surface area (Å²) in [4.78, 5) is 14.8. The van der Waals surface area contributed by atoms with Crippen LogP contribution < -0.4 is 10.6 Å². The Morgan fingerprint density at radius 1 is 1.21 bits per heavy atom. The molecule has 4 rings (SSSR count). The van der Waals surface area contributed by atoms with Gasteiger partial charge in [-0.2, -0.15) is 5.10 Å². The fourth-order valence-electron chi connectivity index (χ4n) is 4.63. The van der Waals surface area contributed by atoms with E-state index in [1.54, 1.807) is 0 Å².